The predicted molar refractivity (Wildman–Crippen MR) is 96.5 cm³/mol. The molecule has 1 aromatic carbocycles. The first-order valence-electron chi connectivity index (χ1n) is 8.77. The van der Waals surface area contributed by atoms with Gasteiger partial charge in [-0.15, -0.1) is 0 Å². The molecule has 0 atom stereocenters. The lowest BCUT2D eigenvalue weighted by molar-refractivity contribution is -0.125. The van der Waals surface area contributed by atoms with E-state index in [1.165, 1.54) is 0 Å². The number of hydrogen-bond donors (Lipinski definition) is 1. The molecule has 0 unspecified atom stereocenters. The summed E-state index contributed by atoms with van der Waals surface area (Å²) in [5.74, 6) is -0.337. The van der Waals surface area contributed by atoms with Crippen molar-refractivity contribution < 1.29 is 14.3 Å². The Balaban J connectivity index is 1.76. The number of esters is 1. The van der Waals surface area contributed by atoms with Gasteiger partial charge in [0.2, 0.25) is 0 Å². The van der Waals surface area contributed by atoms with E-state index in [2.05, 4.69) is 10.3 Å². The number of rotatable bonds is 6. The van der Waals surface area contributed by atoms with Gasteiger partial charge >= 0.3 is 5.97 Å². The molecule has 0 aliphatic heterocycles. The molecule has 1 aromatic heterocycles. The Hall–Kier alpha value is -2.43. The molecule has 25 heavy (non-hydrogen) atoms. The Morgan fingerprint density at radius 2 is 2.00 bits per heavy atom. The SMILES string of the molecule is CCC(C)(C)NC(=O)COC(=O)c1cc(C2CC2)nc2ccccc12. The highest BCUT2D eigenvalue weighted by molar-refractivity contribution is 6.04. The van der Waals surface area contributed by atoms with E-state index in [0.717, 1.165) is 35.9 Å². The highest BCUT2D eigenvalue weighted by Crippen LogP contribution is 2.40. The Labute approximate surface area is 147 Å². The van der Waals surface area contributed by atoms with Crippen molar-refractivity contribution in [3.05, 3.63) is 41.6 Å². The minimum absolute atomic E-state index is 0.280. The molecule has 132 valence electrons. The number of carbonyl (C=O) groups excluding carboxylic acids is 2. The average molecular weight is 340 g/mol. The second-order valence-corrected chi connectivity index (χ2v) is 7.25. The predicted octanol–water partition coefficient (Wildman–Crippen LogP) is 3.57. The van der Waals surface area contributed by atoms with Crippen molar-refractivity contribution in [3.8, 4) is 0 Å². The van der Waals surface area contributed by atoms with Crippen LogP contribution in [0.1, 0.15) is 62.0 Å². The normalized spacial score (nSPS) is 14.4. The summed E-state index contributed by atoms with van der Waals surface area (Å²) in [4.78, 5) is 29.2. The van der Waals surface area contributed by atoms with E-state index in [1.54, 1.807) is 0 Å². The quantitative estimate of drug-likeness (QED) is 0.816. The third-order valence-corrected chi connectivity index (χ3v) is 4.65. The summed E-state index contributed by atoms with van der Waals surface area (Å²) in [7, 11) is 0. The summed E-state index contributed by atoms with van der Waals surface area (Å²) < 4.78 is 5.26. The summed E-state index contributed by atoms with van der Waals surface area (Å²) in [5, 5.41) is 3.62. The van der Waals surface area contributed by atoms with Crippen LogP contribution < -0.4 is 5.32 Å². The summed E-state index contributed by atoms with van der Waals surface area (Å²) >= 11 is 0. The Kier molecular flexibility index (Phi) is 4.75. The standard InChI is InChI=1S/C20H24N2O3/c1-4-20(2,3)22-18(23)12-25-19(24)15-11-17(13-9-10-13)21-16-8-6-5-7-14(15)16/h5-8,11,13H,4,9-10,12H2,1-3H3,(H,22,23). The number of para-hydroxylation sites is 1. The molecule has 1 fully saturated rings. The van der Waals surface area contributed by atoms with Crippen LogP contribution >= 0.6 is 0 Å². The maximum Gasteiger partial charge on any atom is 0.339 e. The molecule has 0 bridgehead atoms. The van der Waals surface area contributed by atoms with Crippen LogP contribution in [0.25, 0.3) is 10.9 Å². The number of pyridine rings is 1. The van der Waals surface area contributed by atoms with Crippen LogP contribution in [0.5, 0.6) is 0 Å². The fourth-order valence-electron chi connectivity index (χ4n) is 2.66. The van der Waals surface area contributed by atoms with Crippen LogP contribution in [-0.4, -0.2) is 29.0 Å². The van der Waals surface area contributed by atoms with E-state index in [9.17, 15) is 9.59 Å². The van der Waals surface area contributed by atoms with Gasteiger partial charge in [0, 0.05) is 22.5 Å². The number of hydrogen-bond acceptors (Lipinski definition) is 4. The fourth-order valence-corrected chi connectivity index (χ4v) is 2.66. The number of nitrogens with one attached hydrogen (secondary N) is 1. The van der Waals surface area contributed by atoms with Gasteiger partial charge in [0.25, 0.3) is 5.91 Å². The van der Waals surface area contributed by atoms with Gasteiger partial charge in [-0.05, 0) is 45.2 Å². The summed E-state index contributed by atoms with van der Waals surface area (Å²) in [5.41, 5.74) is 1.89. The van der Waals surface area contributed by atoms with Crippen LogP contribution in [0.4, 0.5) is 0 Å². The zero-order chi connectivity index (χ0) is 18.0. The van der Waals surface area contributed by atoms with Gasteiger partial charge < -0.3 is 10.1 Å². The first-order valence-corrected chi connectivity index (χ1v) is 8.77. The van der Waals surface area contributed by atoms with Gasteiger partial charge in [0.1, 0.15) is 0 Å². The smallest absolute Gasteiger partial charge is 0.339 e. The zero-order valence-electron chi connectivity index (χ0n) is 15.0. The van der Waals surface area contributed by atoms with E-state index < -0.39 is 5.97 Å². The van der Waals surface area contributed by atoms with Gasteiger partial charge in [0.15, 0.2) is 6.61 Å². The second kappa shape index (κ2) is 6.82. The number of carbonyl (C=O) groups is 2. The van der Waals surface area contributed by atoms with Crippen LogP contribution in [0.15, 0.2) is 30.3 Å². The van der Waals surface area contributed by atoms with Gasteiger partial charge in [-0.3, -0.25) is 9.78 Å². The average Bonchev–Trinajstić information content (AvgIpc) is 3.43. The van der Waals surface area contributed by atoms with Crippen LogP contribution in [-0.2, 0) is 9.53 Å². The maximum absolute atomic E-state index is 12.6. The number of nitrogens with zero attached hydrogens (tertiary/aromatic N) is 1. The minimum atomic E-state index is -0.482. The van der Waals surface area contributed by atoms with Crippen molar-refractivity contribution in [2.24, 2.45) is 0 Å². The molecular formula is C20H24N2O3. The molecule has 1 aliphatic carbocycles. The Morgan fingerprint density at radius 1 is 1.28 bits per heavy atom. The third kappa shape index (κ3) is 4.16. The molecule has 3 rings (SSSR count). The fraction of sp³-hybridized carbons (Fsp3) is 0.450. The highest BCUT2D eigenvalue weighted by atomic mass is 16.5. The third-order valence-electron chi connectivity index (χ3n) is 4.65. The van der Waals surface area contributed by atoms with Crippen molar-refractivity contribution in [1.82, 2.24) is 10.3 Å². The van der Waals surface area contributed by atoms with Crippen LogP contribution in [0.2, 0.25) is 0 Å². The Bertz CT molecular complexity index is 810. The topological polar surface area (TPSA) is 68.3 Å². The number of aromatic nitrogens is 1. The van der Waals surface area contributed by atoms with Crippen molar-refractivity contribution in [2.75, 3.05) is 6.61 Å². The lowest BCUT2D eigenvalue weighted by Crippen LogP contribution is -2.44. The molecule has 0 radical (unpaired) electrons. The van der Waals surface area contributed by atoms with E-state index in [1.807, 2.05) is 51.1 Å². The van der Waals surface area contributed by atoms with E-state index in [-0.39, 0.29) is 18.1 Å². The molecule has 1 saturated carbocycles. The van der Waals surface area contributed by atoms with Crippen LogP contribution in [0, 0.1) is 0 Å². The molecule has 5 heteroatoms. The van der Waals surface area contributed by atoms with Gasteiger partial charge in [0.05, 0.1) is 11.1 Å². The molecule has 5 nitrogen and oxygen atoms in total. The van der Waals surface area contributed by atoms with Crippen molar-refractivity contribution in [2.45, 2.75) is 51.5 Å². The minimum Gasteiger partial charge on any atom is -0.452 e. The Morgan fingerprint density at radius 3 is 2.68 bits per heavy atom. The van der Waals surface area contributed by atoms with Gasteiger partial charge in [-0.2, -0.15) is 0 Å². The summed E-state index contributed by atoms with van der Waals surface area (Å²) in [6.45, 7) is 5.59. The molecule has 1 heterocycles. The molecule has 0 spiro atoms. The number of fused-ring (bicyclic) bond motifs is 1. The van der Waals surface area contributed by atoms with Gasteiger partial charge in [-0.1, -0.05) is 25.1 Å². The summed E-state index contributed by atoms with van der Waals surface area (Å²) in [6, 6.07) is 9.34. The van der Waals surface area contributed by atoms with Crippen molar-refractivity contribution >= 4 is 22.8 Å². The van der Waals surface area contributed by atoms with Gasteiger partial charge in [-0.25, -0.2) is 4.79 Å². The molecular weight excluding hydrogens is 316 g/mol. The molecule has 2 aromatic rings. The monoisotopic (exact) mass is 340 g/mol. The van der Waals surface area contributed by atoms with Crippen LogP contribution in [0.3, 0.4) is 0 Å². The molecule has 1 amide bonds. The van der Waals surface area contributed by atoms with E-state index >= 15 is 0 Å². The van der Waals surface area contributed by atoms with Crippen molar-refractivity contribution in [3.63, 3.8) is 0 Å². The maximum atomic E-state index is 12.6. The molecule has 1 N–H and O–H groups in total. The lowest BCUT2D eigenvalue weighted by atomic mass is 10.0. The summed E-state index contributed by atoms with van der Waals surface area (Å²) in [6.07, 6.45) is 3.01. The number of amides is 1. The van der Waals surface area contributed by atoms with E-state index in [4.69, 9.17) is 4.74 Å². The molecule has 0 saturated heterocycles. The molecule has 1 aliphatic rings. The van der Waals surface area contributed by atoms with E-state index in [0.29, 0.717) is 11.5 Å². The lowest BCUT2D eigenvalue weighted by Gasteiger charge is -2.24. The number of benzene rings is 1. The van der Waals surface area contributed by atoms with Crippen molar-refractivity contribution in [1.29, 1.82) is 0 Å². The largest absolute Gasteiger partial charge is 0.452 e. The highest BCUT2D eigenvalue weighted by Gasteiger charge is 2.27. The first-order chi connectivity index (χ1) is 11.9. The zero-order valence-corrected chi connectivity index (χ0v) is 15.0. The number of ether oxygens (including phenoxy) is 1. The first kappa shape index (κ1) is 17.4. The second-order valence-electron chi connectivity index (χ2n) is 7.25.